The molecule has 0 spiro atoms. The minimum Gasteiger partial charge on any atom is -0.507 e. The summed E-state index contributed by atoms with van der Waals surface area (Å²) in [6.07, 6.45) is 0.871. The maximum Gasteiger partial charge on any atom is 0.301 e. The van der Waals surface area contributed by atoms with E-state index < -0.39 is 17.7 Å². The number of hydrogen-bond acceptors (Lipinski definition) is 7. The largest absolute Gasteiger partial charge is 0.507 e. The van der Waals surface area contributed by atoms with Gasteiger partial charge in [0.1, 0.15) is 17.3 Å². The van der Waals surface area contributed by atoms with Crippen LogP contribution in [0.5, 0.6) is 11.5 Å². The van der Waals surface area contributed by atoms with Crippen LogP contribution in [0.4, 0.5) is 5.13 Å². The number of halogens is 1. The molecule has 9 heteroatoms. The molecule has 1 N–H and O–H groups in total. The quantitative estimate of drug-likeness (QED) is 0.153. The van der Waals surface area contributed by atoms with E-state index in [0.717, 1.165) is 15.6 Å². The van der Waals surface area contributed by atoms with Crippen LogP contribution in [-0.2, 0) is 9.59 Å². The van der Waals surface area contributed by atoms with Crippen LogP contribution in [0.1, 0.15) is 30.5 Å². The average Bonchev–Trinajstić information content (AvgIpc) is 3.44. The van der Waals surface area contributed by atoms with Crippen LogP contribution in [0.3, 0.4) is 0 Å². The number of fused-ring (bicyclic) bond motifs is 1. The number of thiazole rings is 1. The second kappa shape index (κ2) is 10.4. The Bertz CT molecular complexity index is 1530. The lowest BCUT2D eigenvalue weighted by atomic mass is 9.95. The Kier molecular flexibility index (Phi) is 6.99. The van der Waals surface area contributed by atoms with E-state index in [1.807, 2.05) is 37.3 Å². The molecule has 1 atom stereocenters. The molecule has 5 rings (SSSR count). The number of carbonyl (C=O) groups excluding carboxylic acids is 2. The summed E-state index contributed by atoms with van der Waals surface area (Å²) in [7, 11) is 1.58. The fourth-order valence-corrected chi connectivity index (χ4v) is 5.67. The summed E-state index contributed by atoms with van der Waals surface area (Å²) in [4.78, 5) is 32.9. The Hall–Kier alpha value is -3.69. The number of Topliss-reactive ketones (excluding diaryl/α,β-unsaturated/α-hetero) is 1. The maximum absolute atomic E-state index is 13.4. The van der Waals surface area contributed by atoms with Gasteiger partial charge in [0, 0.05) is 10.0 Å². The van der Waals surface area contributed by atoms with Gasteiger partial charge in [-0.25, -0.2) is 4.98 Å². The molecule has 1 saturated heterocycles. The molecule has 1 unspecified atom stereocenters. The number of hydrogen-bond donors (Lipinski definition) is 1. The van der Waals surface area contributed by atoms with Gasteiger partial charge in [-0.15, -0.1) is 0 Å². The van der Waals surface area contributed by atoms with Gasteiger partial charge in [-0.05, 0) is 66.6 Å². The summed E-state index contributed by atoms with van der Waals surface area (Å²) in [6, 6.07) is 18.7. The third-order valence-corrected chi connectivity index (χ3v) is 7.51. The number of nitrogens with zero attached hydrogens (tertiary/aromatic N) is 2. The zero-order valence-electron chi connectivity index (χ0n) is 20.1. The third kappa shape index (κ3) is 4.72. The molecule has 0 aliphatic carbocycles. The van der Waals surface area contributed by atoms with E-state index in [4.69, 9.17) is 9.47 Å². The SMILES string of the molecule is CCCOc1ccc(/C(O)=C2\C(=O)C(=O)N(c3nc4ccc(OC)cc4s3)C2c2cccc(Br)c2)cc1. The van der Waals surface area contributed by atoms with Crippen molar-refractivity contribution in [1.82, 2.24) is 4.98 Å². The van der Waals surface area contributed by atoms with E-state index in [-0.39, 0.29) is 11.3 Å². The third-order valence-electron chi connectivity index (χ3n) is 6.00. The van der Waals surface area contributed by atoms with Gasteiger partial charge >= 0.3 is 5.91 Å². The highest BCUT2D eigenvalue weighted by atomic mass is 79.9. The summed E-state index contributed by atoms with van der Waals surface area (Å²) in [5, 5.41) is 11.7. The highest BCUT2D eigenvalue weighted by Gasteiger charge is 2.48. The fraction of sp³-hybridized carbons (Fsp3) is 0.179. The summed E-state index contributed by atoms with van der Waals surface area (Å²) < 4.78 is 12.5. The summed E-state index contributed by atoms with van der Waals surface area (Å²) in [5.74, 6) is -0.450. The molecule has 3 aromatic carbocycles. The number of amides is 1. The zero-order valence-corrected chi connectivity index (χ0v) is 22.5. The second-order valence-electron chi connectivity index (χ2n) is 8.43. The number of anilines is 1. The molecule has 37 heavy (non-hydrogen) atoms. The molecule has 7 nitrogen and oxygen atoms in total. The van der Waals surface area contributed by atoms with Gasteiger partial charge < -0.3 is 14.6 Å². The van der Waals surface area contributed by atoms with E-state index in [0.29, 0.717) is 39.9 Å². The number of ketones is 1. The van der Waals surface area contributed by atoms with Crippen LogP contribution in [-0.4, -0.2) is 35.5 Å². The first kappa shape index (κ1) is 25.0. The van der Waals surface area contributed by atoms with Crippen molar-refractivity contribution in [3.8, 4) is 11.5 Å². The van der Waals surface area contributed by atoms with Crippen molar-refractivity contribution >= 4 is 60.1 Å². The van der Waals surface area contributed by atoms with E-state index >= 15 is 0 Å². The highest BCUT2D eigenvalue weighted by molar-refractivity contribution is 9.10. The van der Waals surface area contributed by atoms with Crippen molar-refractivity contribution in [2.45, 2.75) is 19.4 Å². The summed E-state index contributed by atoms with van der Waals surface area (Å²) in [6.45, 7) is 2.59. The van der Waals surface area contributed by atoms with Gasteiger partial charge in [-0.3, -0.25) is 14.5 Å². The molecule has 1 fully saturated rings. The number of ether oxygens (including phenoxy) is 2. The standard InChI is InChI=1S/C28H23BrN2O5S/c1-3-13-36-19-9-7-16(8-10-19)25(32)23-24(17-5-4-6-18(29)14-17)31(27(34)26(23)33)28-30-21-12-11-20(35-2)15-22(21)37-28/h4-12,14-15,24,32H,3,13H2,1-2H3/b25-23+. The lowest BCUT2D eigenvalue weighted by Crippen LogP contribution is -2.29. The van der Waals surface area contributed by atoms with Crippen molar-refractivity contribution < 1.29 is 24.2 Å². The van der Waals surface area contributed by atoms with Gasteiger partial charge in [0.2, 0.25) is 0 Å². The lowest BCUT2D eigenvalue weighted by molar-refractivity contribution is -0.132. The molecule has 188 valence electrons. The predicted molar refractivity (Wildman–Crippen MR) is 147 cm³/mol. The van der Waals surface area contributed by atoms with Gasteiger partial charge in [-0.2, -0.15) is 0 Å². The van der Waals surface area contributed by atoms with Crippen LogP contribution in [0.2, 0.25) is 0 Å². The molecule has 1 aromatic heterocycles. The number of aliphatic hydroxyl groups excluding tert-OH is 1. The monoisotopic (exact) mass is 578 g/mol. The number of aromatic nitrogens is 1. The molecular formula is C28H23BrN2O5S. The minimum absolute atomic E-state index is 0.00200. The molecule has 1 aliphatic heterocycles. The van der Waals surface area contributed by atoms with Gasteiger partial charge in [-0.1, -0.05) is 46.3 Å². The van der Waals surface area contributed by atoms with Gasteiger partial charge in [0.05, 0.1) is 35.5 Å². The number of carbonyl (C=O) groups is 2. The number of aliphatic hydroxyl groups is 1. The molecule has 1 amide bonds. The topological polar surface area (TPSA) is 89.0 Å². The van der Waals surface area contributed by atoms with E-state index in [1.165, 1.54) is 16.2 Å². The second-order valence-corrected chi connectivity index (χ2v) is 10.4. The minimum atomic E-state index is -0.865. The predicted octanol–water partition coefficient (Wildman–Crippen LogP) is 6.48. The van der Waals surface area contributed by atoms with Crippen LogP contribution < -0.4 is 14.4 Å². The first-order valence-corrected chi connectivity index (χ1v) is 13.3. The Balaban J connectivity index is 1.65. The molecule has 1 aliphatic rings. The Morgan fingerprint density at radius 3 is 2.54 bits per heavy atom. The van der Waals surface area contributed by atoms with Crippen molar-refractivity contribution in [1.29, 1.82) is 0 Å². The summed E-state index contributed by atoms with van der Waals surface area (Å²) in [5.41, 5.74) is 1.76. The highest BCUT2D eigenvalue weighted by Crippen LogP contribution is 2.45. The Morgan fingerprint density at radius 2 is 1.84 bits per heavy atom. The summed E-state index contributed by atoms with van der Waals surface area (Å²) >= 11 is 4.76. The zero-order chi connectivity index (χ0) is 26.1. The van der Waals surface area contributed by atoms with Crippen molar-refractivity contribution in [3.63, 3.8) is 0 Å². The van der Waals surface area contributed by atoms with Crippen molar-refractivity contribution in [2.24, 2.45) is 0 Å². The first-order chi connectivity index (χ1) is 17.9. The Labute approximate surface area is 226 Å². The lowest BCUT2D eigenvalue weighted by Gasteiger charge is -2.23. The van der Waals surface area contributed by atoms with Crippen LogP contribution in [0, 0.1) is 0 Å². The normalized spacial score (nSPS) is 16.9. The van der Waals surface area contributed by atoms with Gasteiger partial charge in [0.15, 0.2) is 5.13 Å². The molecule has 0 bridgehead atoms. The van der Waals surface area contributed by atoms with E-state index in [9.17, 15) is 14.7 Å². The molecule has 0 saturated carbocycles. The smallest absolute Gasteiger partial charge is 0.301 e. The maximum atomic E-state index is 13.4. The average molecular weight is 579 g/mol. The fourth-order valence-electron chi connectivity index (χ4n) is 4.23. The van der Waals surface area contributed by atoms with Gasteiger partial charge in [0.25, 0.3) is 5.78 Å². The molecule has 0 radical (unpaired) electrons. The van der Waals surface area contributed by atoms with Crippen LogP contribution in [0.25, 0.3) is 16.0 Å². The van der Waals surface area contributed by atoms with E-state index in [2.05, 4.69) is 20.9 Å². The molecular weight excluding hydrogens is 556 g/mol. The van der Waals surface area contributed by atoms with Crippen LogP contribution >= 0.6 is 27.3 Å². The van der Waals surface area contributed by atoms with E-state index in [1.54, 1.807) is 43.5 Å². The van der Waals surface area contributed by atoms with Crippen molar-refractivity contribution in [3.05, 3.63) is 87.9 Å². The molecule has 4 aromatic rings. The molecule has 2 heterocycles. The Morgan fingerprint density at radius 1 is 1.08 bits per heavy atom. The number of methoxy groups -OCH3 is 1. The van der Waals surface area contributed by atoms with Crippen LogP contribution in [0.15, 0.2) is 76.8 Å². The number of benzene rings is 3. The first-order valence-electron chi connectivity index (χ1n) is 11.7. The van der Waals surface area contributed by atoms with Crippen molar-refractivity contribution in [2.75, 3.05) is 18.6 Å². The number of rotatable bonds is 7.